The van der Waals surface area contributed by atoms with Gasteiger partial charge < -0.3 is 14.5 Å². The molecule has 110 valence electrons. The van der Waals surface area contributed by atoms with Crippen LogP contribution in [0.5, 0.6) is 5.75 Å². The number of pyridine rings is 1. The Morgan fingerprint density at radius 3 is 2.30 bits per heavy atom. The van der Waals surface area contributed by atoms with Crippen LogP contribution in [0.2, 0.25) is 0 Å². The predicted molar refractivity (Wildman–Crippen MR) is 67.6 cm³/mol. The van der Waals surface area contributed by atoms with Crippen molar-refractivity contribution in [2.45, 2.75) is 6.36 Å². The first-order valence-corrected chi connectivity index (χ1v) is 6.56. The molecular formula is C13H16F3N3O. The molecule has 2 aliphatic rings. The molecule has 2 fully saturated rings. The third-order valence-electron chi connectivity index (χ3n) is 3.95. The zero-order chi connectivity index (χ0) is 14.3. The Hall–Kier alpha value is -1.50. The highest BCUT2D eigenvalue weighted by Crippen LogP contribution is 2.33. The number of alkyl halides is 3. The van der Waals surface area contributed by atoms with Crippen LogP contribution >= 0.6 is 0 Å². The van der Waals surface area contributed by atoms with Gasteiger partial charge in [-0.2, -0.15) is 0 Å². The van der Waals surface area contributed by atoms with Crippen LogP contribution in [0, 0.1) is 11.8 Å². The second-order valence-corrected chi connectivity index (χ2v) is 5.55. The van der Waals surface area contributed by atoms with Gasteiger partial charge >= 0.3 is 6.36 Å². The molecule has 0 bridgehead atoms. The van der Waals surface area contributed by atoms with Gasteiger partial charge in [-0.3, -0.25) is 0 Å². The van der Waals surface area contributed by atoms with Crippen molar-refractivity contribution in [2.75, 3.05) is 38.1 Å². The molecule has 2 aliphatic heterocycles. The molecule has 0 aliphatic carbocycles. The second kappa shape index (κ2) is 4.80. The van der Waals surface area contributed by atoms with Gasteiger partial charge in [0.05, 0.1) is 6.20 Å². The van der Waals surface area contributed by atoms with E-state index in [4.69, 9.17) is 0 Å². The SMILES string of the molecule is CN1C[C@@H]2CN(c3ccc(OC(F)(F)F)cn3)C[C@@H]2C1. The normalized spacial score (nSPS) is 26.9. The summed E-state index contributed by atoms with van der Waals surface area (Å²) in [5.74, 6) is 1.71. The molecule has 2 saturated heterocycles. The van der Waals surface area contributed by atoms with Crippen molar-refractivity contribution in [2.24, 2.45) is 11.8 Å². The Morgan fingerprint density at radius 2 is 1.80 bits per heavy atom. The van der Waals surface area contributed by atoms with Gasteiger partial charge in [0.1, 0.15) is 11.6 Å². The highest BCUT2D eigenvalue weighted by atomic mass is 19.4. The van der Waals surface area contributed by atoms with Crippen LogP contribution in [0.4, 0.5) is 19.0 Å². The van der Waals surface area contributed by atoms with Gasteiger partial charge in [-0.15, -0.1) is 13.2 Å². The summed E-state index contributed by atoms with van der Waals surface area (Å²) < 4.78 is 40.0. The maximum absolute atomic E-state index is 12.1. The summed E-state index contributed by atoms with van der Waals surface area (Å²) >= 11 is 0. The molecular weight excluding hydrogens is 271 g/mol. The van der Waals surface area contributed by atoms with Gasteiger partial charge in [-0.05, 0) is 31.0 Å². The smallest absolute Gasteiger partial charge is 0.404 e. The summed E-state index contributed by atoms with van der Waals surface area (Å²) in [7, 11) is 2.12. The van der Waals surface area contributed by atoms with E-state index in [2.05, 4.69) is 26.6 Å². The summed E-state index contributed by atoms with van der Waals surface area (Å²) in [5.41, 5.74) is 0. The van der Waals surface area contributed by atoms with Gasteiger partial charge in [-0.1, -0.05) is 0 Å². The molecule has 3 heterocycles. The molecule has 7 heteroatoms. The standard InChI is InChI=1S/C13H16F3N3O/c1-18-5-9-7-19(8-10(9)6-18)12-3-2-11(4-17-12)20-13(14,15)16/h2-4,9-10H,5-8H2,1H3/t9-,10+. The van der Waals surface area contributed by atoms with Gasteiger partial charge in [0, 0.05) is 26.2 Å². The summed E-state index contributed by atoms with van der Waals surface area (Å²) in [5, 5.41) is 0. The van der Waals surface area contributed by atoms with Crippen LogP contribution in [0.25, 0.3) is 0 Å². The molecule has 1 aromatic heterocycles. The Kier molecular flexibility index (Phi) is 3.24. The van der Waals surface area contributed by atoms with E-state index in [0.717, 1.165) is 38.2 Å². The van der Waals surface area contributed by atoms with Crippen molar-refractivity contribution in [1.82, 2.24) is 9.88 Å². The molecule has 0 N–H and O–H groups in total. The van der Waals surface area contributed by atoms with Crippen molar-refractivity contribution in [3.8, 4) is 5.75 Å². The quantitative estimate of drug-likeness (QED) is 0.831. The van der Waals surface area contributed by atoms with Crippen LogP contribution in [-0.4, -0.2) is 49.5 Å². The minimum Gasteiger partial charge on any atom is -0.404 e. The van der Waals surface area contributed by atoms with Crippen LogP contribution in [0.15, 0.2) is 18.3 Å². The summed E-state index contributed by atoms with van der Waals surface area (Å²) in [4.78, 5) is 8.54. The second-order valence-electron chi connectivity index (χ2n) is 5.55. The molecule has 0 aromatic carbocycles. The Balaban J connectivity index is 1.64. The van der Waals surface area contributed by atoms with Crippen molar-refractivity contribution < 1.29 is 17.9 Å². The number of rotatable bonds is 2. The minimum absolute atomic E-state index is 0.277. The van der Waals surface area contributed by atoms with E-state index >= 15 is 0 Å². The maximum atomic E-state index is 12.1. The lowest BCUT2D eigenvalue weighted by Gasteiger charge is -2.20. The monoisotopic (exact) mass is 287 g/mol. The van der Waals surface area contributed by atoms with Gasteiger partial charge in [0.2, 0.25) is 0 Å². The average molecular weight is 287 g/mol. The van der Waals surface area contributed by atoms with E-state index in [1.165, 1.54) is 6.07 Å². The van der Waals surface area contributed by atoms with Gasteiger partial charge in [0.15, 0.2) is 0 Å². The van der Waals surface area contributed by atoms with E-state index in [9.17, 15) is 13.2 Å². The zero-order valence-corrected chi connectivity index (χ0v) is 11.1. The summed E-state index contributed by atoms with van der Waals surface area (Å²) in [6.45, 7) is 4.00. The fraction of sp³-hybridized carbons (Fsp3) is 0.615. The number of aromatic nitrogens is 1. The number of halogens is 3. The third-order valence-corrected chi connectivity index (χ3v) is 3.95. The first kappa shape index (κ1) is 13.5. The van der Waals surface area contributed by atoms with E-state index < -0.39 is 6.36 Å². The van der Waals surface area contributed by atoms with Gasteiger partial charge in [0.25, 0.3) is 0 Å². The van der Waals surface area contributed by atoms with Crippen molar-refractivity contribution in [3.05, 3.63) is 18.3 Å². The van der Waals surface area contributed by atoms with Crippen LogP contribution in [0.1, 0.15) is 0 Å². The van der Waals surface area contributed by atoms with E-state index in [0.29, 0.717) is 11.8 Å². The average Bonchev–Trinajstić information content (AvgIpc) is 2.84. The first-order chi connectivity index (χ1) is 9.40. The number of hydrogen-bond acceptors (Lipinski definition) is 4. The summed E-state index contributed by atoms with van der Waals surface area (Å²) in [6, 6.07) is 2.90. The first-order valence-electron chi connectivity index (χ1n) is 6.56. The van der Waals surface area contributed by atoms with Crippen molar-refractivity contribution in [3.63, 3.8) is 0 Å². The van der Waals surface area contributed by atoms with Crippen LogP contribution in [0.3, 0.4) is 0 Å². The molecule has 2 atom stereocenters. The predicted octanol–water partition coefficient (Wildman–Crippen LogP) is 1.98. The lowest BCUT2D eigenvalue weighted by Crippen LogP contribution is -2.27. The van der Waals surface area contributed by atoms with E-state index in [1.54, 1.807) is 6.07 Å². The number of ether oxygens (including phenoxy) is 1. The molecule has 4 nitrogen and oxygen atoms in total. The Bertz CT molecular complexity index is 463. The molecule has 0 saturated carbocycles. The maximum Gasteiger partial charge on any atom is 0.573 e. The van der Waals surface area contributed by atoms with Crippen molar-refractivity contribution in [1.29, 1.82) is 0 Å². The highest BCUT2D eigenvalue weighted by molar-refractivity contribution is 5.42. The van der Waals surface area contributed by atoms with Gasteiger partial charge in [-0.25, -0.2) is 4.98 Å². The molecule has 20 heavy (non-hydrogen) atoms. The van der Waals surface area contributed by atoms with Crippen LogP contribution < -0.4 is 9.64 Å². The molecule has 0 unspecified atom stereocenters. The lowest BCUT2D eigenvalue weighted by molar-refractivity contribution is -0.274. The van der Waals surface area contributed by atoms with E-state index in [1.807, 2.05) is 0 Å². The topological polar surface area (TPSA) is 28.6 Å². The number of fused-ring (bicyclic) bond motifs is 1. The highest BCUT2D eigenvalue weighted by Gasteiger charge is 2.39. The molecule has 0 amide bonds. The fourth-order valence-electron chi connectivity index (χ4n) is 3.17. The Labute approximate surface area is 115 Å². The number of anilines is 1. The zero-order valence-electron chi connectivity index (χ0n) is 11.1. The summed E-state index contributed by atoms with van der Waals surface area (Å²) in [6.07, 6.45) is -3.54. The number of likely N-dealkylation sites (tertiary alicyclic amines) is 1. The molecule has 0 radical (unpaired) electrons. The lowest BCUT2D eigenvalue weighted by atomic mass is 10.0. The molecule has 1 aromatic rings. The van der Waals surface area contributed by atoms with E-state index in [-0.39, 0.29) is 5.75 Å². The largest absolute Gasteiger partial charge is 0.573 e. The molecule has 3 rings (SSSR count). The fourth-order valence-corrected chi connectivity index (χ4v) is 3.17. The third kappa shape index (κ3) is 2.82. The number of hydrogen-bond donors (Lipinski definition) is 0. The Morgan fingerprint density at radius 1 is 1.15 bits per heavy atom. The van der Waals surface area contributed by atoms with Crippen LogP contribution in [-0.2, 0) is 0 Å². The minimum atomic E-state index is -4.67. The number of nitrogens with zero attached hydrogens (tertiary/aromatic N) is 3. The molecule has 0 spiro atoms. The van der Waals surface area contributed by atoms with Crippen molar-refractivity contribution >= 4 is 5.82 Å².